The van der Waals surface area contributed by atoms with Crippen molar-refractivity contribution in [3.63, 3.8) is 0 Å². The molecule has 72 valence electrons. The van der Waals surface area contributed by atoms with Crippen LogP contribution in [-0.4, -0.2) is 37.2 Å². The molecule has 0 aromatic carbocycles. The molecule has 0 N–H and O–H groups in total. The Morgan fingerprint density at radius 2 is 2.17 bits per heavy atom. The van der Waals surface area contributed by atoms with Crippen molar-refractivity contribution in [2.45, 2.75) is 38.6 Å². The molecular weight excluding hydrogens is 150 g/mol. The predicted molar refractivity (Wildman–Crippen MR) is 51.4 cm³/mol. The van der Waals surface area contributed by atoms with Crippen LogP contribution in [0.2, 0.25) is 0 Å². The zero-order valence-electron chi connectivity index (χ0n) is 8.60. The summed E-state index contributed by atoms with van der Waals surface area (Å²) in [6, 6.07) is 0. The van der Waals surface area contributed by atoms with Crippen LogP contribution in [0.4, 0.5) is 0 Å². The van der Waals surface area contributed by atoms with Gasteiger partial charge < -0.3 is 4.74 Å². The fourth-order valence-electron chi connectivity index (χ4n) is 2.25. The second kappa shape index (κ2) is 4.24. The molecule has 1 rings (SSSR count). The van der Waals surface area contributed by atoms with Gasteiger partial charge in [0.2, 0.25) is 0 Å². The summed E-state index contributed by atoms with van der Waals surface area (Å²) in [5.41, 5.74) is 0.307. The van der Waals surface area contributed by atoms with Crippen LogP contribution in [0.3, 0.4) is 0 Å². The largest absolute Gasteiger partial charge is 0.383 e. The molecule has 12 heavy (non-hydrogen) atoms. The van der Waals surface area contributed by atoms with Gasteiger partial charge in [0.15, 0.2) is 0 Å². The molecule has 0 aliphatic carbocycles. The lowest BCUT2D eigenvalue weighted by Crippen LogP contribution is -2.52. The van der Waals surface area contributed by atoms with Crippen molar-refractivity contribution < 1.29 is 4.74 Å². The molecule has 0 bridgehead atoms. The number of likely N-dealkylation sites (N-methyl/N-ethyl adjacent to an activating group) is 1. The molecule has 2 nitrogen and oxygen atoms in total. The quantitative estimate of drug-likeness (QED) is 0.643. The maximum absolute atomic E-state index is 5.27. The Balaban J connectivity index is 2.55. The summed E-state index contributed by atoms with van der Waals surface area (Å²) in [4.78, 5) is 2.54. The van der Waals surface area contributed by atoms with Crippen LogP contribution in [0.5, 0.6) is 0 Å². The van der Waals surface area contributed by atoms with Crippen molar-refractivity contribution in [3.8, 4) is 0 Å². The normalized spacial score (nSPS) is 32.2. The number of likely N-dealkylation sites (tertiary alicyclic amines) is 1. The molecular formula is C10H21NO. The SMILES string of the molecule is CCN1CCCCC1(C)COC. The maximum Gasteiger partial charge on any atom is 0.0643 e. The van der Waals surface area contributed by atoms with Crippen LogP contribution in [0.25, 0.3) is 0 Å². The van der Waals surface area contributed by atoms with Gasteiger partial charge in [0.05, 0.1) is 6.61 Å². The first-order valence-electron chi connectivity index (χ1n) is 4.97. The standard InChI is InChI=1S/C10H21NO/c1-4-11-8-6-5-7-10(11,2)9-12-3/h4-9H2,1-3H3. The van der Waals surface area contributed by atoms with Crippen LogP contribution in [0.15, 0.2) is 0 Å². The molecule has 1 aliphatic heterocycles. The Morgan fingerprint density at radius 1 is 1.42 bits per heavy atom. The molecule has 1 heterocycles. The third-order valence-electron chi connectivity index (χ3n) is 2.99. The van der Waals surface area contributed by atoms with Crippen molar-refractivity contribution in [1.29, 1.82) is 0 Å². The molecule has 0 saturated carbocycles. The zero-order chi connectivity index (χ0) is 9.03. The fourth-order valence-corrected chi connectivity index (χ4v) is 2.25. The van der Waals surface area contributed by atoms with E-state index in [1.54, 1.807) is 7.11 Å². The number of rotatable bonds is 3. The maximum atomic E-state index is 5.27. The van der Waals surface area contributed by atoms with Gasteiger partial charge in [-0.2, -0.15) is 0 Å². The van der Waals surface area contributed by atoms with E-state index >= 15 is 0 Å². The van der Waals surface area contributed by atoms with E-state index in [0.717, 1.165) is 13.2 Å². The monoisotopic (exact) mass is 171 g/mol. The minimum absolute atomic E-state index is 0.307. The highest BCUT2D eigenvalue weighted by molar-refractivity contribution is 4.88. The van der Waals surface area contributed by atoms with Crippen molar-refractivity contribution in [3.05, 3.63) is 0 Å². The Labute approximate surface area is 75.9 Å². The van der Waals surface area contributed by atoms with Gasteiger partial charge in [0, 0.05) is 12.6 Å². The van der Waals surface area contributed by atoms with Gasteiger partial charge in [0.1, 0.15) is 0 Å². The van der Waals surface area contributed by atoms with Crippen LogP contribution in [0.1, 0.15) is 33.1 Å². The van der Waals surface area contributed by atoms with Crippen LogP contribution < -0.4 is 0 Å². The lowest BCUT2D eigenvalue weighted by molar-refractivity contribution is -0.00144. The summed E-state index contributed by atoms with van der Waals surface area (Å²) >= 11 is 0. The fraction of sp³-hybridized carbons (Fsp3) is 1.00. The summed E-state index contributed by atoms with van der Waals surface area (Å²) in [7, 11) is 1.80. The smallest absolute Gasteiger partial charge is 0.0643 e. The minimum Gasteiger partial charge on any atom is -0.383 e. The Hall–Kier alpha value is -0.0800. The molecule has 0 aromatic heterocycles. The molecule has 0 amide bonds. The van der Waals surface area contributed by atoms with E-state index in [9.17, 15) is 0 Å². The van der Waals surface area contributed by atoms with Gasteiger partial charge in [-0.15, -0.1) is 0 Å². The molecule has 2 heteroatoms. The lowest BCUT2D eigenvalue weighted by atomic mass is 9.89. The predicted octanol–water partition coefficient (Wildman–Crippen LogP) is 1.90. The van der Waals surface area contributed by atoms with Gasteiger partial charge in [-0.05, 0) is 32.9 Å². The second-order valence-electron chi connectivity index (χ2n) is 3.97. The van der Waals surface area contributed by atoms with E-state index in [1.807, 2.05) is 0 Å². The Morgan fingerprint density at radius 3 is 2.75 bits per heavy atom. The molecule has 1 atom stereocenters. The number of methoxy groups -OCH3 is 1. The Kier molecular flexibility index (Phi) is 3.53. The van der Waals surface area contributed by atoms with Crippen LogP contribution >= 0.6 is 0 Å². The van der Waals surface area contributed by atoms with E-state index in [-0.39, 0.29) is 0 Å². The van der Waals surface area contributed by atoms with Gasteiger partial charge in [0.25, 0.3) is 0 Å². The van der Waals surface area contributed by atoms with E-state index in [4.69, 9.17) is 4.74 Å². The summed E-state index contributed by atoms with van der Waals surface area (Å²) in [6.07, 6.45) is 4.00. The zero-order valence-corrected chi connectivity index (χ0v) is 8.60. The topological polar surface area (TPSA) is 12.5 Å². The van der Waals surface area contributed by atoms with Crippen molar-refractivity contribution in [2.24, 2.45) is 0 Å². The van der Waals surface area contributed by atoms with Crippen molar-refractivity contribution >= 4 is 0 Å². The van der Waals surface area contributed by atoms with Gasteiger partial charge in [-0.25, -0.2) is 0 Å². The molecule has 1 fully saturated rings. The molecule has 0 radical (unpaired) electrons. The number of piperidine rings is 1. The van der Waals surface area contributed by atoms with E-state index in [0.29, 0.717) is 5.54 Å². The summed E-state index contributed by atoms with van der Waals surface area (Å²) in [6.45, 7) is 7.83. The van der Waals surface area contributed by atoms with Crippen LogP contribution in [0, 0.1) is 0 Å². The summed E-state index contributed by atoms with van der Waals surface area (Å²) in [5, 5.41) is 0. The first-order chi connectivity index (χ1) is 5.73. The first kappa shape index (κ1) is 10.0. The van der Waals surface area contributed by atoms with Gasteiger partial charge >= 0.3 is 0 Å². The molecule has 1 aliphatic rings. The van der Waals surface area contributed by atoms with E-state index in [1.165, 1.54) is 25.8 Å². The molecule has 1 saturated heterocycles. The molecule has 0 aromatic rings. The average molecular weight is 171 g/mol. The van der Waals surface area contributed by atoms with Gasteiger partial charge in [-0.1, -0.05) is 13.3 Å². The van der Waals surface area contributed by atoms with Gasteiger partial charge in [-0.3, -0.25) is 4.90 Å². The molecule has 0 spiro atoms. The van der Waals surface area contributed by atoms with Crippen LogP contribution in [-0.2, 0) is 4.74 Å². The second-order valence-corrected chi connectivity index (χ2v) is 3.97. The highest BCUT2D eigenvalue weighted by Crippen LogP contribution is 2.27. The van der Waals surface area contributed by atoms with Crippen molar-refractivity contribution in [1.82, 2.24) is 4.90 Å². The number of hydrogen-bond acceptors (Lipinski definition) is 2. The van der Waals surface area contributed by atoms with E-state index in [2.05, 4.69) is 18.7 Å². The third-order valence-corrected chi connectivity index (χ3v) is 2.99. The third kappa shape index (κ3) is 1.99. The number of hydrogen-bond donors (Lipinski definition) is 0. The minimum atomic E-state index is 0.307. The lowest BCUT2D eigenvalue weighted by Gasteiger charge is -2.44. The average Bonchev–Trinajstić information content (AvgIpc) is 2.05. The molecule has 1 unspecified atom stereocenters. The number of nitrogens with zero attached hydrogens (tertiary/aromatic N) is 1. The first-order valence-corrected chi connectivity index (χ1v) is 4.97. The summed E-state index contributed by atoms with van der Waals surface area (Å²) in [5.74, 6) is 0. The highest BCUT2D eigenvalue weighted by Gasteiger charge is 2.32. The Bertz CT molecular complexity index is 134. The van der Waals surface area contributed by atoms with Crippen molar-refractivity contribution in [2.75, 3.05) is 26.8 Å². The number of ether oxygens (including phenoxy) is 1. The highest BCUT2D eigenvalue weighted by atomic mass is 16.5. The summed E-state index contributed by atoms with van der Waals surface area (Å²) < 4.78 is 5.27. The van der Waals surface area contributed by atoms with E-state index < -0.39 is 0 Å².